The summed E-state index contributed by atoms with van der Waals surface area (Å²) in [6, 6.07) is 3.51. The van der Waals surface area contributed by atoms with E-state index >= 15 is 0 Å². The number of nitrogens with two attached hydrogens (primary N) is 1. The molecular formula is C11H18N2O2S. The molecule has 0 bridgehead atoms. The molecule has 0 unspecified atom stereocenters. The average molecular weight is 242 g/mol. The Labute approximate surface area is 96.9 Å². The summed E-state index contributed by atoms with van der Waals surface area (Å²) in [5.74, 6) is 0. The Balaban J connectivity index is 3.34. The first kappa shape index (κ1) is 13.2. The maximum atomic E-state index is 11.9. The van der Waals surface area contributed by atoms with E-state index < -0.39 is 10.0 Å². The van der Waals surface area contributed by atoms with E-state index in [1.807, 2.05) is 13.0 Å². The van der Waals surface area contributed by atoms with E-state index in [1.54, 1.807) is 19.9 Å². The second kappa shape index (κ2) is 4.95. The number of hydrogen-bond acceptors (Lipinski definition) is 3. The smallest absolute Gasteiger partial charge is 0.240 e. The van der Waals surface area contributed by atoms with Gasteiger partial charge in [-0.2, -0.15) is 0 Å². The van der Waals surface area contributed by atoms with Crippen LogP contribution in [-0.4, -0.2) is 15.0 Å². The summed E-state index contributed by atoms with van der Waals surface area (Å²) >= 11 is 0. The van der Waals surface area contributed by atoms with Gasteiger partial charge in [0.15, 0.2) is 0 Å². The number of nitrogens with one attached hydrogen (secondary N) is 1. The predicted octanol–water partition coefficient (Wildman–Crippen LogP) is 1.06. The molecule has 90 valence electrons. The Morgan fingerprint density at radius 2 is 1.88 bits per heavy atom. The van der Waals surface area contributed by atoms with Gasteiger partial charge in [-0.1, -0.05) is 13.0 Å². The van der Waals surface area contributed by atoms with Crippen LogP contribution in [-0.2, 0) is 16.6 Å². The third kappa shape index (κ3) is 2.61. The van der Waals surface area contributed by atoms with Crippen molar-refractivity contribution in [2.24, 2.45) is 5.73 Å². The highest BCUT2D eigenvalue weighted by Gasteiger charge is 2.16. The van der Waals surface area contributed by atoms with Gasteiger partial charge in [0.25, 0.3) is 0 Å². The third-order valence-electron chi connectivity index (χ3n) is 2.48. The Hall–Kier alpha value is -0.910. The average Bonchev–Trinajstić information content (AvgIpc) is 2.17. The van der Waals surface area contributed by atoms with Crippen molar-refractivity contribution in [3.05, 3.63) is 28.8 Å². The van der Waals surface area contributed by atoms with Crippen LogP contribution >= 0.6 is 0 Å². The van der Waals surface area contributed by atoms with E-state index in [0.717, 1.165) is 16.7 Å². The predicted molar refractivity (Wildman–Crippen MR) is 64.7 cm³/mol. The summed E-state index contributed by atoms with van der Waals surface area (Å²) in [6.07, 6.45) is 0. The Kier molecular flexibility index (Phi) is 4.07. The third-order valence-corrected chi connectivity index (χ3v) is 4.16. The number of aryl methyl sites for hydroxylation is 2. The minimum absolute atomic E-state index is 0.320. The molecule has 16 heavy (non-hydrogen) atoms. The molecule has 1 rings (SSSR count). The van der Waals surface area contributed by atoms with Crippen LogP contribution in [0.25, 0.3) is 0 Å². The summed E-state index contributed by atoms with van der Waals surface area (Å²) in [7, 11) is -3.40. The van der Waals surface area contributed by atoms with Gasteiger partial charge in [-0.3, -0.25) is 0 Å². The van der Waals surface area contributed by atoms with Crippen LogP contribution in [0.5, 0.6) is 0 Å². The van der Waals surface area contributed by atoms with E-state index in [9.17, 15) is 8.42 Å². The highest BCUT2D eigenvalue weighted by molar-refractivity contribution is 7.89. The molecule has 0 aliphatic heterocycles. The molecule has 0 radical (unpaired) electrons. The molecule has 0 spiro atoms. The SMILES string of the molecule is CCNS(=O)(=O)c1cc(CN)c(C)cc1C. The van der Waals surface area contributed by atoms with Gasteiger partial charge in [0.2, 0.25) is 10.0 Å². The molecule has 0 heterocycles. The molecule has 4 nitrogen and oxygen atoms in total. The fourth-order valence-electron chi connectivity index (χ4n) is 1.65. The molecule has 5 heteroatoms. The molecule has 0 saturated carbocycles. The molecule has 0 aliphatic rings. The van der Waals surface area contributed by atoms with E-state index in [0.29, 0.717) is 18.0 Å². The van der Waals surface area contributed by atoms with E-state index in [4.69, 9.17) is 5.73 Å². The van der Waals surface area contributed by atoms with Crippen LogP contribution in [0.15, 0.2) is 17.0 Å². The largest absolute Gasteiger partial charge is 0.326 e. The first-order valence-electron chi connectivity index (χ1n) is 5.22. The van der Waals surface area contributed by atoms with Crippen molar-refractivity contribution < 1.29 is 8.42 Å². The Morgan fingerprint density at radius 3 is 2.38 bits per heavy atom. The summed E-state index contributed by atoms with van der Waals surface area (Å²) in [5.41, 5.74) is 8.20. The zero-order chi connectivity index (χ0) is 12.3. The second-order valence-electron chi connectivity index (χ2n) is 3.75. The van der Waals surface area contributed by atoms with Crippen molar-refractivity contribution in [1.29, 1.82) is 0 Å². The molecule has 1 aromatic rings. The van der Waals surface area contributed by atoms with Crippen LogP contribution in [0.4, 0.5) is 0 Å². The summed E-state index contributed by atoms with van der Waals surface area (Å²) in [6.45, 7) is 6.20. The number of sulfonamides is 1. The quantitative estimate of drug-likeness (QED) is 0.829. The Bertz CT molecular complexity index is 481. The molecule has 0 aromatic heterocycles. The van der Waals surface area contributed by atoms with Gasteiger partial charge in [0.1, 0.15) is 0 Å². The molecule has 0 fully saturated rings. The molecule has 0 aliphatic carbocycles. The molecule has 0 amide bonds. The number of benzene rings is 1. The monoisotopic (exact) mass is 242 g/mol. The first-order valence-corrected chi connectivity index (χ1v) is 6.70. The molecular weight excluding hydrogens is 224 g/mol. The summed E-state index contributed by atoms with van der Waals surface area (Å²) in [4.78, 5) is 0.320. The van der Waals surface area contributed by atoms with E-state index in [1.165, 1.54) is 0 Å². The van der Waals surface area contributed by atoms with Crippen molar-refractivity contribution in [3.63, 3.8) is 0 Å². The highest BCUT2D eigenvalue weighted by Crippen LogP contribution is 2.20. The fraction of sp³-hybridized carbons (Fsp3) is 0.455. The topological polar surface area (TPSA) is 72.2 Å². The van der Waals surface area contributed by atoms with Gasteiger partial charge in [-0.25, -0.2) is 13.1 Å². The van der Waals surface area contributed by atoms with Crippen molar-refractivity contribution in [3.8, 4) is 0 Å². The summed E-state index contributed by atoms with van der Waals surface area (Å²) in [5, 5.41) is 0. The van der Waals surface area contributed by atoms with Crippen LogP contribution in [0.2, 0.25) is 0 Å². The zero-order valence-corrected chi connectivity index (χ0v) is 10.7. The van der Waals surface area contributed by atoms with Crippen LogP contribution in [0.1, 0.15) is 23.6 Å². The van der Waals surface area contributed by atoms with Crippen molar-refractivity contribution >= 4 is 10.0 Å². The fourth-order valence-corrected chi connectivity index (χ4v) is 2.97. The number of rotatable bonds is 4. The maximum absolute atomic E-state index is 11.9. The standard InChI is InChI=1S/C11H18N2O2S/c1-4-13-16(14,15)11-6-10(7-12)8(2)5-9(11)3/h5-6,13H,4,7,12H2,1-3H3. The lowest BCUT2D eigenvalue weighted by Crippen LogP contribution is -2.24. The van der Waals surface area contributed by atoms with Crippen LogP contribution < -0.4 is 10.5 Å². The molecule has 1 aromatic carbocycles. The van der Waals surface area contributed by atoms with Crippen molar-refractivity contribution in [1.82, 2.24) is 4.72 Å². The van der Waals surface area contributed by atoms with Gasteiger partial charge >= 0.3 is 0 Å². The van der Waals surface area contributed by atoms with E-state index in [2.05, 4.69) is 4.72 Å². The normalized spacial score (nSPS) is 11.8. The van der Waals surface area contributed by atoms with Gasteiger partial charge in [0, 0.05) is 13.1 Å². The molecule has 0 atom stereocenters. The lowest BCUT2D eigenvalue weighted by atomic mass is 10.1. The van der Waals surface area contributed by atoms with Crippen molar-refractivity contribution in [2.75, 3.05) is 6.54 Å². The summed E-state index contributed by atoms with van der Waals surface area (Å²) < 4.78 is 26.2. The van der Waals surface area contributed by atoms with Gasteiger partial charge in [-0.15, -0.1) is 0 Å². The van der Waals surface area contributed by atoms with Gasteiger partial charge in [0.05, 0.1) is 4.90 Å². The number of hydrogen-bond donors (Lipinski definition) is 2. The van der Waals surface area contributed by atoms with Gasteiger partial charge in [-0.05, 0) is 36.6 Å². The van der Waals surface area contributed by atoms with E-state index in [-0.39, 0.29) is 0 Å². The first-order chi connectivity index (χ1) is 7.42. The minimum Gasteiger partial charge on any atom is -0.326 e. The molecule has 3 N–H and O–H groups in total. The zero-order valence-electron chi connectivity index (χ0n) is 9.87. The Morgan fingerprint density at radius 1 is 1.25 bits per heavy atom. The van der Waals surface area contributed by atoms with Crippen LogP contribution in [0, 0.1) is 13.8 Å². The highest BCUT2D eigenvalue weighted by atomic mass is 32.2. The van der Waals surface area contributed by atoms with Crippen LogP contribution in [0.3, 0.4) is 0 Å². The maximum Gasteiger partial charge on any atom is 0.240 e. The minimum atomic E-state index is -3.40. The lowest BCUT2D eigenvalue weighted by Gasteiger charge is -2.11. The lowest BCUT2D eigenvalue weighted by molar-refractivity contribution is 0.583. The molecule has 0 saturated heterocycles. The second-order valence-corrected chi connectivity index (χ2v) is 5.49. The van der Waals surface area contributed by atoms with Crippen molar-refractivity contribution in [2.45, 2.75) is 32.2 Å². The van der Waals surface area contributed by atoms with Gasteiger partial charge < -0.3 is 5.73 Å².